The van der Waals surface area contributed by atoms with Gasteiger partial charge in [0, 0.05) is 17.0 Å². The third-order valence-corrected chi connectivity index (χ3v) is 3.18. The standard InChI is InChI=1S/C12H13NO2S/c13-6-10-5-9(8-16-10)7-15-12-4-2-1-3-11(12)14/h1-5,8,14H,6-7,13H2. The fourth-order valence-electron chi connectivity index (χ4n) is 1.35. The zero-order valence-corrected chi connectivity index (χ0v) is 9.54. The molecule has 0 amide bonds. The molecule has 3 nitrogen and oxygen atoms in total. The van der Waals surface area contributed by atoms with Crippen molar-refractivity contribution >= 4 is 11.3 Å². The molecule has 2 aromatic rings. The Balaban J connectivity index is 1.99. The topological polar surface area (TPSA) is 55.5 Å². The van der Waals surface area contributed by atoms with Gasteiger partial charge in [-0.25, -0.2) is 0 Å². The first-order chi connectivity index (χ1) is 7.79. The van der Waals surface area contributed by atoms with Crippen molar-refractivity contribution in [2.75, 3.05) is 0 Å². The van der Waals surface area contributed by atoms with Crippen LogP contribution in [0, 0.1) is 0 Å². The Kier molecular flexibility index (Phi) is 3.44. The monoisotopic (exact) mass is 235 g/mol. The maximum Gasteiger partial charge on any atom is 0.161 e. The zero-order chi connectivity index (χ0) is 11.4. The smallest absolute Gasteiger partial charge is 0.161 e. The molecule has 0 aliphatic heterocycles. The fourth-order valence-corrected chi connectivity index (χ4v) is 2.10. The Bertz CT molecular complexity index is 468. The van der Waals surface area contributed by atoms with Gasteiger partial charge < -0.3 is 15.6 Å². The molecule has 16 heavy (non-hydrogen) atoms. The predicted molar refractivity (Wildman–Crippen MR) is 64.6 cm³/mol. The molecule has 3 N–H and O–H groups in total. The predicted octanol–water partition coefficient (Wildman–Crippen LogP) is 2.49. The molecule has 0 saturated heterocycles. The molecule has 0 aliphatic rings. The van der Waals surface area contributed by atoms with Crippen LogP contribution in [0.2, 0.25) is 0 Å². The van der Waals surface area contributed by atoms with Gasteiger partial charge >= 0.3 is 0 Å². The lowest BCUT2D eigenvalue weighted by atomic mass is 10.3. The summed E-state index contributed by atoms with van der Waals surface area (Å²) in [4.78, 5) is 1.14. The molecule has 2 rings (SSSR count). The molecule has 0 spiro atoms. The van der Waals surface area contributed by atoms with Crippen molar-refractivity contribution in [2.45, 2.75) is 13.2 Å². The lowest BCUT2D eigenvalue weighted by molar-refractivity contribution is 0.289. The van der Waals surface area contributed by atoms with Crippen LogP contribution >= 0.6 is 11.3 Å². The van der Waals surface area contributed by atoms with Crippen LogP contribution in [-0.4, -0.2) is 5.11 Å². The van der Waals surface area contributed by atoms with E-state index in [0.717, 1.165) is 10.4 Å². The van der Waals surface area contributed by atoms with Crippen LogP contribution in [0.4, 0.5) is 0 Å². The molecule has 0 fully saturated rings. The van der Waals surface area contributed by atoms with Gasteiger partial charge in [0.05, 0.1) is 0 Å². The van der Waals surface area contributed by atoms with E-state index in [9.17, 15) is 5.11 Å². The summed E-state index contributed by atoms with van der Waals surface area (Å²) in [6.45, 7) is 1.01. The minimum Gasteiger partial charge on any atom is -0.504 e. The van der Waals surface area contributed by atoms with Crippen molar-refractivity contribution in [3.8, 4) is 11.5 Å². The number of hydrogen-bond acceptors (Lipinski definition) is 4. The highest BCUT2D eigenvalue weighted by molar-refractivity contribution is 7.10. The highest BCUT2D eigenvalue weighted by Gasteiger charge is 2.02. The summed E-state index contributed by atoms with van der Waals surface area (Å²) in [7, 11) is 0. The lowest BCUT2D eigenvalue weighted by Crippen LogP contribution is -1.95. The van der Waals surface area contributed by atoms with Crippen LogP contribution in [0.1, 0.15) is 10.4 Å². The van der Waals surface area contributed by atoms with Crippen LogP contribution in [-0.2, 0) is 13.2 Å². The molecule has 0 saturated carbocycles. The second-order valence-corrected chi connectivity index (χ2v) is 4.38. The van der Waals surface area contributed by atoms with Crippen LogP contribution in [0.5, 0.6) is 11.5 Å². The van der Waals surface area contributed by atoms with Gasteiger partial charge in [-0.2, -0.15) is 0 Å². The van der Waals surface area contributed by atoms with Gasteiger partial charge in [-0.3, -0.25) is 0 Å². The average Bonchev–Trinajstić information content (AvgIpc) is 2.76. The number of phenolic OH excluding ortho intramolecular Hbond substituents is 1. The summed E-state index contributed by atoms with van der Waals surface area (Å²) in [5, 5.41) is 11.5. The SMILES string of the molecule is NCc1cc(COc2ccccc2O)cs1. The van der Waals surface area contributed by atoms with Crippen molar-refractivity contribution in [3.63, 3.8) is 0 Å². The molecule has 1 aromatic carbocycles. The van der Waals surface area contributed by atoms with Gasteiger partial charge in [-0.15, -0.1) is 11.3 Å². The number of benzene rings is 1. The first-order valence-corrected chi connectivity index (χ1v) is 5.84. The normalized spacial score (nSPS) is 10.3. The van der Waals surface area contributed by atoms with E-state index in [0.29, 0.717) is 18.9 Å². The van der Waals surface area contributed by atoms with Gasteiger partial charge in [0.2, 0.25) is 0 Å². The summed E-state index contributed by atoms with van der Waals surface area (Å²) < 4.78 is 5.50. The van der Waals surface area contributed by atoms with Crippen LogP contribution in [0.25, 0.3) is 0 Å². The van der Waals surface area contributed by atoms with Gasteiger partial charge in [0.15, 0.2) is 11.5 Å². The van der Waals surface area contributed by atoms with E-state index in [1.165, 1.54) is 0 Å². The van der Waals surface area contributed by atoms with E-state index in [4.69, 9.17) is 10.5 Å². The third-order valence-electron chi connectivity index (χ3n) is 2.17. The Hall–Kier alpha value is -1.52. The van der Waals surface area contributed by atoms with Gasteiger partial charge in [-0.05, 0) is 23.6 Å². The van der Waals surface area contributed by atoms with Gasteiger partial charge in [-0.1, -0.05) is 12.1 Å². The number of aromatic hydroxyl groups is 1. The molecule has 0 radical (unpaired) electrons. The Morgan fingerprint density at radius 3 is 2.81 bits per heavy atom. The number of phenols is 1. The summed E-state index contributed by atoms with van der Waals surface area (Å²) in [6, 6.07) is 8.96. The number of ether oxygens (including phenoxy) is 1. The molecule has 0 atom stereocenters. The summed E-state index contributed by atoms with van der Waals surface area (Å²) >= 11 is 1.62. The molecular weight excluding hydrogens is 222 g/mol. The molecule has 1 aromatic heterocycles. The molecule has 4 heteroatoms. The Labute approximate surface area is 98.1 Å². The molecule has 0 unspecified atom stereocenters. The minimum atomic E-state index is 0.164. The number of nitrogens with two attached hydrogens (primary N) is 1. The number of para-hydroxylation sites is 2. The maximum atomic E-state index is 9.50. The second kappa shape index (κ2) is 5.01. The molecule has 84 valence electrons. The number of rotatable bonds is 4. The van der Waals surface area contributed by atoms with Crippen molar-refractivity contribution in [2.24, 2.45) is 5.73 Å². The quantitative estimate of drug-likeness (QED) is 0.856. The Morgan fingerprint density at radius 1 is 1.31 bits per heavy atom. The average molecular weight is 235 g/mol. The first-order valence-electron chi connectivity index (χ1n) is 4.96. The highest BCUT2D eigenvalue weighted by atomic mass is 32.1. The molecule has 0 aliphatic carbocycles. The van der Waals surface area contributed by atoms with Crippen molar-refractivity contribution in [1.82, 2.24) is 0 Å². The van der Waals surface area contributed by atoms with E-state index in [2.05, 4.69) is 0 Å². The maximum absolute atomic E-state index is 9.50. The van der Waals surface area contributed by atoms with E-state index < -0.39 is 0 Å². The summed E-state index contributed by atoms with van der Waals surface area (Å²) in [5.41, 5.74) is 6.60. The van der Waals surface area contributed by atoms with Crippen molar-refractivity contribution in [3.05, 3.63) is 46.2 Å². The largest absolute Gasteiger partial charge is 0.504 e. The van der Waals surface area contributed by atoms with E-state index in [-0.39, 0.29) is 5.75 Å². The van der Waals surface area contributed by atoms with Gasteiger partial charge in [0.1, 0.15) is 6.61 Å². The van der Waals surface area contributed by atoms with E-state index in [1.807, 2.05) is 17.5 Å². The van der Waals surface area contributed by atoms with Crippen LogP contribution in [0.15, 0.2) is 35.7 Å². The molecular formula is C12H13NO2S. The molecule has 0 bridgehead atoms. The number of hydrogen-bond donors (Lipinski definition) is 2. The molecule has 1 heterocycles. The zero-order valence-electron chi connectivity index (χ0n) is 8.72. The van der Waals surface area contributed by atoms with E-state index >= 15 is 0 Å². The summed E-state index contributed by atoms with van der Waals surface area (Å²) in [6.07, 6.45) is 0. The van der Waals surface area contributed by atoms with Crippen molar-refractivity contribution in [1.29, 1.82) is 0 Å². The minimum absolute atomic E-state index is 0.164. The highest BCUT2D eigenvalue weighted by Crippen LogP contribution is 2.25. The Morgan fingerprint density at radius 2 is 2.12 bits per heavy atom. The van der Waals surface area contributed by atoms with Gasteiger partial charge in [0.25, 0.3) is 0 Å². The van der Waals surface area contributed by atoms with Crippen molar-refractivity contribution < 1.29 is 9.84 Å². The van der Waals surface area contributed by atoms with Crippen LogP contribution < -0.4 is 10.5 Å². The fraction of sp³-hybridized carbons (Fsp3) is 0.167. The third kappa shape index (κ3) is 2.53. The lowest BCUT2D eigenvalue weighted by Gasteiger charge is -2.05. The van der Waals surface area contributed by atoms with Crippen LogP contribution in [0.3, 0.4) is 0 Å². The number of thiophene rings is 1. The summed E-state index contributed by atoms with van der Waals surface area (Å²) in [5.74, 6) is 0.666. The second-order valence-electron chi connectivity index (χ2n) is 3.38. The first kappa shape index (κ1) is 11.0. The van der Waals surface area contributed by atoms with E-state index in [1.54, 1.807) is 29.5 Å².